The molecule has 0 fully saturated rings. The molecule has 0 aliphatic heterocycles. The molecule has 0 spiro atoms. The number of hydrogen-bond donors (Lipinski definition) is 2. The topological polar surface area (TPSA) is 54.4 Å². The molecule has 0 aliphatic rings. The lowest BCUT2D eigenvalue weighted by molar-refractivity contribution is 0.0553. The van der Waals surface area contributed by atoms with Gasteiger partial charge in [-0.05, 0) is 32.5 Å². The number of aliphatic hydroxyl groups is 1. The van der Waals surface area contributed by atoms with Gasteiger partial charge in [0.15, 0.2) is 0 Å². The van der Waals surface area contributed by atoms with Crippen molar-refractivity contribution in [2.75, 3.05) is 13.2 Å². The van der Waals surface area contributed by atoms with Crippen LogP contribution < -0.4 is 10.1 Å². The SMILES string of the molecule is CCNCc1ccc(OCCC(C)(C)O)cn1. The van der Waals surface area contributed by atoms with Gasteiger partial charge in [-0.25, -0.2) is 0 Å². The van der Waals surface area contributed by atoms with Crippen LogP contribution in [0.2, 0.25) is 0 Å². The highest BCUT2D eigenvalue weighted by Crippen LogP contribution is 2.12. The standard InChI is InChI=1S/C13H22N2O2/c1-4-14-9-11-5-6-12(10-15-11)17-8-7-13(2,3)16/h5-6,10,14,16H,4,7-9H2,1-3H3. The molecule has 1 aromatic heterocycles. The van der Waals surface area contributed by atoms with Gasteiger partial charge in [0, 0.05) is 13.0 Å². The van der Waals surface area contributed by atoms with Crippen molar-refractivity contribution in [3.05, 3.63) is 24.0 Å². The van der Waals surface area contributed by atoms with E-state index in [0.29, 0.717) is 13.0 Å². The van der Waals surface area contributed by atoms with Gasteiger partial charge in [0.25, 0.3) is 0 Å². The molecule has 2 N–H and O–H groups in total. The van der Waals surface area contributed by atoms with Crippen LogP contribution in [0.25, 0.3) is 0 Å². The second-order valence-electron chi connectivity index (χ2n) is 4.68. The van der Waals surface area contributed by atoms with Gasteiger partial charge in [-0.2, -0.15) is 0 Å². The number of pyridine rings is 1. The summed E-state index contributed by atoms with van der Waals surface area (Å²) >= 11 is 0. The van der Waals surface area contributed by atoms with Crippen molar-refractivity contribution in [2.24, 2.45) is 0 Å². The van der Waals surface area contributed by atoms with Crippen LogP contribution >= 0.6 is 0 Å². The zero-order valence-electron chi connectivity index (χ0n) is 10.9. The predicted molar refractivity (Wildman–Crippen MR) is 68.0 cm³/mol. The molecule has 0 bridgehead atoms. The minimum atomic E-state index is -0.682. The van der Waals surface area contributed by atoms with Crippen molar-refractivity contribution in [2.45, 2.75) is 39.3 Å². The molecule has 0 radical (unpaired) electrons. The highest BCUT2D eigenvalue weighted by atomic mass is 16.5. The molecule has 0 amide bonds. The van der Waals surface area contributed by atoms with Crippen molar-refractivity contribution >= 4 is 0 Å². The first-order valence-corrected chi connectivity index (χ1v) is 6.02. The van der Waals surface area contributed by atoms with Crippen LogP contribution in [0.5, 0.6) is 5.75 Å². The fourth-order valence-electron chi connectivity index (χ4n) is 1.27. The Kier molecular flexibility index (Phi) is 5.38. The summed E-state index contributed by atoms with van der Waals surface area (Å²) in [5.41, 5.74) is 0.319. The minimum absolute atomic E-state index is 0.498. The monoisotopic (exact) mass is 238 g/mol. The zero-order chi connectivity index (χ0) is 12.7. The maximum Gasteiger partial charge on any atom is 0.137 e. The first-order chi connectivity index (χ1) is 8.01. The number of hydrogen-bond acceptors (Lipinski definition) is 4. The van der Waals surface area contributed by atoms with E-state index in [1.54, 1.807) is 20.0 Å². The molecule has 0 saturated heterocycles. The highest BCUT2D eigenvalue weighted by molar-refractivity contribution is 5.19. The van der Waals surface area contributed by atoms with Gasteiger partial charge in [0.1, 0.15) is 5.75 Å². The zero-order valence-corrected chi connectivity index (χ0v) is 10.9. The number of rotatable bonds is 7. The van der Waals surface area contributed by atoms with Gasteiger partial charge in [-0.1, -0.05) is 6.92 Å². The van der Waals surface area contributed by atoms with Crippen LogP contribution in [0, 0.1) is 0 Å². The normalized spacial score (nSPS) is 11.5. The average molecular weight is 238 g/mol. The Bertz CT molecular complexity index is 317. The van der Waals surface area contributed by atoms with Gasteiger partial charge < -0.3 is 15.2 Å². The van der Waals surface area contributed by atoms with Crippen molar-refractivity contribution < 1.29 is 9.84 Å². The average Bonchev–Trinajstić information content (AvgIpc) is 2.26. The molecule has 0 atom stereocenters. The third-order valence-corrected chi connectivity index (χ3v) is 2.34. The molecule has 4 heteroatoms. The van der Waals surface area contributed by atoms with Crippen LogP contribution in [0.4, 0.5) is 0 Å². The molecule has 96 valence electrons. The molecular formula is C13H22N2O2. The van der Waals surface area contributed by atoms with Crippen molar-refractivity contribution in [3.8, 4) is 5.75 Å². The lowest BCUT2D eigenvalue weighted by atomic mass is 10.1. The molecule has 0 aliphatic carbocycles. The number of aromatic nitrogens is 1. The summed E-state index contributed by atoms with van der Waals surface area (Å²) in [5.74, 6) is 0.745. The molecule has 0 saturated carbocycles. The molecule has 0 aromatic carbocycles. The van der Waals surface area contributed by atoms with E-state index in [1.165, 1.54) is 0 Å². The molecule has 4 nitrogen and oxygen atoms in total. The molecule has 17 heavy (non-hydrogen) atoms. The van der Waals surface area contributed by atoms with E-state index in [9.17, 15) is 5.11 Å². The van der Waals surface area contributed by atoms with Gasteiger partial charge in [-0.15, -0.1) is 0 Å². The van der Waals surface area contributed by atoms with Crippen molar-refractivity contribution in [3.63, 3.8) is 0 Å². The maximum atomic E-state index is 9.53. The molecule has 1 rings (SSSR count). The van der Waals surface area contributed by atoms with Crippen LogP contribution in [-0.2, 0) is 6.54 Å². The summed E-state index contributed by atoms with van der Waals surface area (Å²) in [7, 11) is 0. The Hall–Kier alpha value is -1.13. The van der Waals surface area contributed by atoms with Gasteiger partial charge in [0.2, 0.25) is 0 Å². The summed E-state index contributed by atoms with van der Waals surface area (Å²) < 4.78 is 5.50. The Labute approximate surface area is 103 Å². The third-order valence-electron chi connectivity index (χ3n) is 2.34. The number of nitrogens with one attached hydrogen (secondary N) is 1. The smallest absolute Gasteiger partial charge is 0.137 e. The summed E-state index contributed by atoms with van der Waals surface area (Å²) in [5, 5.41) is 12.7. The van der Waals surface area contributed by atoms with E-state index in [0.717, 1.165) is 24.5 Å². The van der Waals surface area contributed by atoms with Gasteiger partial charge in [-0.3, -0.25) is 4.98 Å². The lowest BCUT2D eigenvalue weighted by Gasteiger charge is -2.16. The maximum absolute atomic E-state index is 9.53. The van der Waals surface area contributed by atoms with Gasteiger partial charge in [0.05, 0.1) is 24.1 Å². The molecule has 1 heterocycles. The van der Waals surface area contributed by atoms with Gasteiger partial charge >= 0.3 is 0 Å². The Morgan fingerprint density at radius 1 is 1.41 bits per heavy atom. The molecular weight excluding hydrogens is 216 g/mol. The predicted octanol–water partition coefficient (Wildman–Crippen LogP) is 1.73. The first kappa shape index (κ1) is 13.9. The number of ether oxygens (including phenoxy) is 1. The van der Waals surface area contributed by atoms with Crippen LogP contribution in [0.1, 0.15) is 32.9 Å². The van der Waals surface area contributed by atoms with Crippen molar-refractivity contribution in [1.29, 1.82) is 0 Å². The highest BCUT2D eigenvalue weighted by Gasteiger charge is 2.11. The third kappa shape index (κ3) is 6.24. The molecule has 0 unspecified atom stereocenters. The molecule has 1 aromatic rings. The van der Waals surface area contributed by atoms with E-state index in [2.05, 4.69) is 17.2 Å². The van der Waals surface area contributed by atoms with E-state index < -0.39 is 5.60 Å². The second kappa shape index (κ2) is 6.57. The first-order valence-electron chi connectivity index (χ1n) is 6.02. The Balaban J connectivity index is 2.35. The second-order valence-corrected chi connectivity index (χ2v) is 4.68. The van der Waals surface area contributed by atoms with Crippen LogP contribution in [0.3, 0.4) is 0 Å². The van der Waals surface area contributed by atoms with Crippen LogP contribution in [-0.4, -0.2) is 28.8 Å². The Morgan fingerprint density at radius 2 is 2.18 bits per heavy atom. The van der Waals surface area contributed by atoms with E-state index >= 15 is 0 Å². The van der Waals surface area contributed by atoms with E-state index in [1.807, 2.05) is 12.1 Å². The van der Waals surface area contributed by atoms with E-state index in [4.69, 9.17) is 4.74 Å². The quantitative estimate of drug-likeness (QED) is 0.759. The summed E-state index contributed by atoms with van der Waals surface area (Å²) in [6.45, 7) is 7.82. The summed E-state index contributed by atoms with van der Waals surface area (Å²) in [6.07, 6.45) is 2.32. The summed E-state index contributed by atoms with van der Waals surface area (Å²) in [6, 6.07) is 3.85. The minimum Gasteiger partial charge on any atom is -0.492 e. The number of nitrogens with zero attached hydrogens (tertiary/aromatic N) is 1. The fraction of sp³-hybridized carbons (Fsp3) is 0.615. The largest absolute Gasteiger partial charge is 0.492 e. The Morgan fingerprint density at radius 3 is 2.71 bits per heavy atom. The summed E-state index contributed by atoms with van der Waals surface area (Å²) in [4.78, 5) is 4.28. The van der Waals surface area contributed by atoms with Crippen LogP contribution in [0.15, 0.2) is 18.3 Å². The van der Waals surface area contributed by atoms with Crippen molar-refractivity contribution in [1.82, 2.24) is 10.3 Å². The fourth-order valence-corrected chi connectivity index (χ4v) is 1.27. The lowest BCUT2D eigenvalue weighted by Crippen LogP contribution is -2.21. The van der Waals surface area contributed by atoms with E-state index in [-0.39, 0.29) is 0 Å².